The molecule has 1 aromatic carbocycles. The summed E-state index contributed by atoms with van der Waals surface area (Å²) >= 11 is 0. The average Bonchev–Trinajstić information content (AvgIpc) is 3.07. The summed E-state index contributed by atoms with van der Waals surface area (Å²) in [5.74, 6) is -0.867. The Kier molecular flexibility index (Phi) is 4.14. The molecule has 6 nitrogen and oxygen atoms in total. The molecule has 1 aromatic heterocycles. The van der Waals surface area contributed by atoms with Crippen molar-refractivity contribution in [2.45, 2.75) is 37.6 Å². The first-order valence-corrected chi connectivity index (χ1v) is 7.73. The standard InChI is InChI=1S/C17H18N2O4/c20-16(14-9-10-15(23-14)19(21)22)18-17(11-5-2-6-12-17)13-7-3-1-4-8-13/h1,3-4,7-10H,2,5-6,11-12H2,(H,18,20). The first-order chi connectivity index (χ1) is 11.1. The normalized spacial score (nSPS) is 16.7. The molecular weight excluding hydrogens is 296 g/mol. The maximum atomic E-state index is 12.5. The van der Waals surface area contributed by atoms with Gasteiger partial charge in [-0.3, -0.25) is 14.9 Å². The van der Waals surface area contributed by atoms with Gasteiger partial charge in [-0.25, -0.2) is 0 Å². The highest BCUT2D eigenvalue weighted by molar-refractivity contribution is 5.92. The van der Waals surface area contributed by atoms with E-state index in [2.05, 4.69) is 5.32 Å². The fraction of sp³-hybridized carbons (Fsp3) is 0.353. The summed E-state index contributed by atoms with van der Waals surface area (Å²) in [6.45, 7) is 0. The molecule has 1 saturated carbocycles. The summed E-state index contributed by atoms with van der Waals surface area (Å²) in [5, 5.41) is 13.8. The fourth-order valence-corrected chi connectivity index (χ4v) is 3.23. The largest absolute Gasteiger partial charge is 0.433 e. The second-order valence-electron chi connectivity index (χ2n) is 5.86. The van der Waals surface area contributed by atoms with Crippen LogP contribution in [-0.2, 0) is 5.54 Å². The lowest BCUT2D eigenvalue weighted by atomic mass is 9.76. The van der Waals surface area contributed by atoms with Crippen molar-refractivity contribution in [2.75, 3.05) is 0 Å². The SMILES string of the molecule is O=C(NC1(c2ccccc2)CCCCC1)c1ccc([N+](=O)[O-])o1. The Morgan fingerprint density at radius 1 is 1.09 bits per heavy atom. The Hall–Kier alpha value is -2.63. The van der Waals surface area contributed by atoms with Crippen LogP contribution in [0, 0.1) is 10.1 Å². The number of carbonyl (C=O) groups is 1. The van der Waals surface area contributed by atoms with Crippen LogP contribution < -0.4 is 5.32 Å². The summed E-state index contributed by atoms with van der Waals surface area (Å²) in [6.07, 6.45) is 4.93. The molecule has 0 aliphatic heterocycles. The van der Waals surface area contributed by atoms with Crippen LogP contribution in [0.1, 0.15) is 48.2 Å². The quantitative estimate of drug-likeness (QED) is 0.687. The smallest absolute Gasteiger partial charge is 0.395 e. The van der Waals surface area contributed by atoms with E-state index in [1.165, 1.54) is 12.1 Å². The number of hydrogen-bond acceptors (Lipinski definition) is 4. The summed E-state index contributed by atoms with van der Waals surface area (Å²) in [7, 11) is 0. The molecule has 3 rings (SSSR count). The van der Waals surface area contributed by atoms with Crippen LogP contribution in [0.2, 0.25) is 0 Å². The van der Waals surface area contributed by atoms with Gasteiger partial charge in [0, 0.05) is 0 Å². The Morgan fingerprint density at radius 3 is 2.39 bits per heavy atom. The van der Waals surface area contributed by atoms with Crippen molar-refractivity contribution < 1.29 is 14.1 Å². The molecule has 0 bridgehead atoms. The molecule has 23 heavy (non-hydrogen) atoms. The van der Waals surface area contributed by atoms with E-state index in [0.29, 0.717) is 0 Å². The highest BCUT2D eigenvalue weighted by Crippen LogP contribution is 2.37. The van der Waals surface area contributed by atoms with E-state index >= 15 is 0 Å². The van der Waals surface area contributed by atoms with Gasteiger partial charge in [0.2, 0.25) is 0 Å². The van der Waals surface area contributed by atoms with Crippen molar-refractivity contribution in [2.24, 2.45) is 0 Å². The molecule has 1 aliphatic rings. The van der Waals surface area contributed by atoms with Gasteiger partial charge in [0.1, 0.15) is 4.92 Å². The van der Waals surface area contributed by atoms with E-state index < -0.39 is 22.3 Å². The van der Waals surface area contributed by atoms with E-state index in [9.17, 15) is 14.9 Å². The number of rotatable bonds is 4. The minimum atomic E-state index is -0.648. The summed E-state index contributed by atoms with van der Waals surface area (Å²) in [4.78, 5) is 22.5. The van der Waals surface area contributed by atoms with Crippen LogP contribution in [0.15, 0.2) is 46.9 Å². The van der Waals surface area contributed by atoms with Gasteiger partial charge in [-0.1, -0.05) is 49.6 Å². The number of hydrogen-bond donors (Lipinski definition) is 1. The van der Waals surface area contributed by atoms with Crippen molar-refractivity contribution >= 4 is 11.8 Å². The number of furan rings is 1. The summed E-state index contributed by atoms with van der Waals surface area (Å²) < 4.78 is 5.02. The van der Waals surface area contributed by atoms with Crippen molar-refractivity contribution in [3.63, 3.8) is 0 Å². The molecule has 0 atom stereocenters. The highest BCUT2D eigenvalue weighted by Gasteiger charge is 2.36. The van der Waals surface area contributed by atoms with Crippen LogP contribution in [0.25, 0.3) is 0 Å². The molecule has 1 heterocycles. The van der Waals surface area contributed by atoms with Crippen molar-refractivity contribution in [3.8, 4) is 0 Å². The summed E-state index contributed by atoms with van der Waals surface area (Å²) in [6, 6.07) is 12.4. The van der Waals surface area contributed by atoms with Crippen LogP contribution >= 0.6 is 0 Å². The van der Waals surface area contributed by atoms with Gasteiger partial charge in [0.05, 0.1) is 11.6 Å². The zero-order valence-electron chi connectivity index (χ0n) is 12.7. The second-order valence-corrected chi connectivity index (χ2v) is 5.86. The predicted molar refractivity (Wildman–Crippen MR) is 84.0 cm³/mol. The Morgan fingerprint density at radius 2 is 1.78 bits per heavy atom. The van der Waals surface area contributed by atoms with Gasteiger partial charge in [-0.2, -0.15) is 0 Å². The molecule has 1 fully saturated rings. The van der Waals surface area contributed by atoms with Crippen molar-refractivity contribution in [1.29, 1.82) is 0 Å². The van der Waals surface area contributed by atoms with Gasteiger partial charge in [0.15, 0.2) is 5.76 Å². The van der Waals surface area contributed by atoms with Gasteiger partial charge >= 0.3 is 5.88 Å². The molecular formula is C17H18N2O4. The van der Waals surface area contributed by atoms with E-state index in [-0.39, 0.29) is 5.76 Å². The lowest BCUT2D eigenvalue weighted by Crippen LogP contribution is -2.47. The Bertz CT molecular complexity index is 702. The highest BCUT2D eigenvalue weighted by atomic mass is 16.6. The zero-order valence-corrected chi connectivity index (χ0v) is 12.7. The number of carbonyl (C=O) groups excluding carboxylic acids is 1. The minimum absolute atomic E-state index is 0.0300. The minimum Gasteiger partial charge on any atom is -0.395 e. The molecule has 0 spiro atoms. The third-order valence-corrected chi connectivity index (χ3v) is 4.38. The van der Waals surface area contributed by atoms with E-state index in [4.69, 9.17) is 4.42 Å². The Labute approximate surface area is 133 Å². The number of amides is 1. The number of nitrogens with one attached hydrogen (secondary N) is 1. The molecule has 0 saturated heterocycles. The maximum absolute atomic E-state index is 12.5. The van der Waals surface area contributed by atoms with Gasteiger partial charge in [-0.05, 0) is 24.5 Å². The monoisotopic (exact) mass is 314 g/mol. The van der Waals surface area contributed by atoms with Gasteiger partial charge in [-0.15, -0.1) is 0 Å². The lowest BCUT2D eigenvalue weighted by Gasteiger charge is -2.38. The third kappa shape index (κ3) is 3.11. The van der Waals surface area contributed by atoms with Gasteiger partial charge < -0.3 is 9.73 Å². The molecule has 6 heteroatoms. The Balaban J connectivity index is 1.86. The number of nitrogens with zero attached hydrogens (tertiary/aromatic N) is 1. The first kappa shape index (κ1) is 15.3. The predicted octanol–water partition coefficient (Wildman–Crippen LogP) is 3.78. The van der Waals surface area contributed by atoms with Crippen molar-refractivity contribution in [3.05, 3.63) is 63.9 Å². The van der Waals surface area contributed by atoms with E-state index in [0.717, 1.165) is 37.7 Å². The van der Waals surface area contributed by atoms with Crippen LogP contribution in [0.3, 0.4) is 0 Å². The third-order valence-electron chi connectivity index (χ3n) is 4.38. The average molecular weight is 314 g/mol. The lowest BCUT2D eigenvalue weighted by molar-refractivity contribution is -0.402. The fourth-order valence-electron chi connectivity index (χ4n) is 3.23. The molecule has 1 amide bonds. The van der Waals surface area contributed by atoms with E-state index in [1.807, 2.05) is 30.3 Å². The van der Waals surface area contributed by atoms with Crippen LogP contribution in [0.5, 0.6) is 0 Å². The van der Waals surface area contributed by atoms with Crippen molar-refractivity contribution in [1.82, 2.24) is 5.32 Å². The molecule has 1 aliphatic carbocycles. The zero-order chi connectivity index (χ0) is 16.3. The maximum Gasteiger partial charge on any atom is 0.433 e. The van der Waals surface area contributed by atoms with Gasteiger partial charge in [0.25, 0.3) is 5.91 Å². The van der Waals surface area contributed by atoms with E-state index in [1.54, 1.807) is 0 Å². The molecule has 120 valence electrons. The summed E-state index contributed by atoms with van der Waals surface area (Å²) in [5.41, 5.74) is 0.632. The molecule has 0 unspecified atom stereocenters. The van der Waals surface area contributed by atoms with Crippen LogP contribution in [0.4, 0.5) is 5.88 Å². The molecule has 1 N–H and O–H groups in total. The first-order valence-electron chi connectivity index (χ1n) is 7.73. The topological polar surface area (TPSA) is 85.4 Å². The molecule has 0 radical (unpaired) electrons. The van der Waals surface area contributed by atoms with Crippen LogP contribution in [-0.4, -0.2) is 10.8 Å². The number of benzene rings is 1. The second kappa shape index (κ2) is 6.24. The number of nitro groups is 1. The molecule has 2 aromatic rings.